The maximum absolute atomic E-state index is 12.2. The number of nitrogens with zero attached hydrogens (tertiary/aromatic N) is 2. The van der Waals surface area contributed by atoms with E-state index in [0.717, 1.165) is 16.8 Å². The van der Waals surface area contributed by atoms with Crippen LogP contribution in [0.25, 0.3) is 5.69 Å². The quantitative estimate of drug-likeness (QED) is 0.744. The van der Waals surface area contributed by atoms with Gasteiger partial charge in [-0.2, -0.15) is 5.10 Å². The summed E-state index contributed by atoms with van der Waals surface area (Å²) in [5, 5.41) is 16.4. The van der Waals surface area contributed by atoms with Gasteiger partial charge in [0.2, 0.25) is 5.91 Å². The van der Waals surface area contributed by atoms with Crippen LogP contribution in [0.15, 0.2) is 60.8 Å². The fourth-order valence-electron chi connectivity index (χ4n) is 2.94. The Hall–Kier alpha value is -3.06. The summed E-state index contributed by atoms with van der Waals surface area (Å²) in [5.74, 6) is -0.0777. The number of rotatable bonds is 3. The minimum Gasteiger partial charge on any atom is -0.478 e. The zero-order valence-corrected chi connectivity index (χ0v) is 14.4. The lowest BCUT2D eigenvalue weighted by molar-refractivity contribution is -0.113. The van der Waals surface area contributed by atoms with Gasteiger partial charge in [-0.25, -0.2) is 9.48 Å². The third kappa shape index (κ3) is 2.97. The normalized spacial score (nSPS) is 16.5. The van der Waals surface area contributed by atoms with Crippen LogP contribution in [0.1, 0.15) is 26.7 Å². The molecule has 3 aromatic rings. The van der Waals surface area contributed by atoms with Gasteiger partial charge in [0.05, 0.1) is 28.5 Å². The molecule has 0 unspecified atom stereocenters. The highest BCUT2D eigenvalue weighted by atomic mass is 32.2. The number of thioether (sulfide) groups is 1. The van der Waals surface area contributed by atoms with Gasteiger partial charge in [0.25, 0.3) is 0 Å². The molecule has 0 fully saturated rings. The molecule has 1 amide bonds. The molecule has 2 heterocycles. The van der Waals surface area contributed by atoms with Crippen molar-refractivity contribution in [2.45, 2.75) is 5.25 Å². The number of carbonyl (C=O) groups excluding carboxylic acids is 1. The van der Waals surface area contributed by atoms with Crippen molar-refractivity contribution >= 4 is 29.5 Å². The Morgan fingerprint density at radius 3 is 2.58 bits per heavy atom. The minimum absolute atomic E-state index is 0.0846. The smallest absolute Gasteiger partial charge is 0.335 e. The van der Waals surface area contributed by atoms with Gasteiger partial charge in [0.15, 0.2) is 0 Å². The largest absolute Gasteiger partial charge is 0.478 e. The van der Waals surface area contributed by atoms with E-state index in [4.69, 9.17) is 5.11 Å². The van der Waals surface area contributed by atoms with E-state index in [9.17, 15) is 9.59 Å². The summed E-state index contributed by atoms with van der Waals surface area (Å²) >= 11 is 1.50. The van der Waals surface area contributed by atoms with Crippen LogP contribution in [0.3, 0.4) is 0 Å². The second kappa shape index (κ2) is 6.68. The van der Waals surface area contributed by atoms with E-state index < -0.39 is 5.97 Å². The Balaban J connectivity index is 1.78. The van der Waals surface area contributed by atoms with Crippen molar-refractivity contribution in [1.29, 1.82) is 0 Å². The second-order valence-electron chi connectivity index (χ2n) is 5.86. The van der Waals surface area contributed by atoms with Crippen molar-refractivity contribution in [1.82, 2.24) is 9.78 Å². The lowest BCUT2D eigenvalue weighted by Gasteiger charge is -2.14. The number of aromatic nitrogens is 2. The van der Waals surface area contributed by atoms with E-state index >= 15 is 0 Å². The van der Waals surface area contributed by atoms with Crippen molar-refractivity contribution < 1.29 is 14.7 Å². The summed E-state index contributed by atoms with van der Waals surface area (Å²) < 4.78 is 1.72. The SMILES string of the molecule is O=C1CS[C@H](c2ccc(C(=O)O)cc2)c2cnn(-c3ccccc3)c2N1. The zero-order chi connectivity index (χ0) is 18.1. The van der Waals surface area contributed by atoms with Gasteiger partial charge in [0.1, 0.15) is 5.82 Å². The molecule has 0 aliphatic carbocycles. The summed E-state index contributed by atoms with van der Waals surface area (Å²) in [7, 11) is 0. The molecule has 4 rings (SSSR count). The van der Waals surface area contributed by atoms with Gasteiger partial charge < -0.3 is 10.4 Å². The van der Waals surface area contributed by atoms with Gasteiger partial charge in [-0.1, -0.05) is 30.3 Å². The lowest BCUT2D eigenvalue weighted by Crippen LogP contribution is -2.15. The predicted octanol–water partition coefficient (Wildman–Crippen LogP) is 3.35. The maximum Gasteiger partial charge on any atom is 0.335 e. The monoisotopic (exact) mass is 365 g/mol. The highest BCUT2D eigenvalue weighted by Gasteiger charge is 2.28. The van der Waals surface area contributed by atoms with Gasteiger partial charge in [-0.15, -0.1) is 11.8 Å². The molecule has 0 bridgehead atoms. The highest BCUT2D eigenvalue weighted by molar-refractivity contribution is 8.00. The predicted molar refractivity (Wildman–Crippen MR) is 99.9 cm³/mol. The molecule has 7 heteroatoms. The Kier molecular flexibility index (Phi) is 4.22. The number of nitrogens with one attached hydrogen (secondary N) is 1. The molecule has 0 saturated heterocycles. The Morgan fingerprint density at radius 2 is 1.88 bits per heavy atom. The van der Waals surface area contributed by atoms with Crippen molar-refractivity contribution in [2.75, 3.05) is 11.1 Å². The second-order valence-corrected chi connectivity index (χ2v) is 6.96. The average Bonchev–Trinajstić information content (AvgIpc) is 2.98. The molecular weight excluding hydrogens is 350 g/mol. The summed E-state index contributed by atoms with van der Waals surface area (Å²) in [5.41, 5.74) is 2.93. The molecular formula is C19H15N3O3S. The topological polar surface area (TPSA) is 84.2 Å². The Morgan fingerprint density at radius 1 is 1.15 bits per heavy atom. The maximum atomic E-state index is 12.2. The van der Waals surface area contributed by atoms with Crippen LogP contribution < -0.4 is 5.32 Å². The molecule has 1 aliphatic rings. The molecule has 0 spiro atoms. The summed E-state index contributed by atoms with van der Waals surface area (Å²) in [4.78, 5) is 23.3. The van der Waals surface area contributed by atoms with Gasteiger partial charge >= 0.3 is 5.97 Å². The molecule has 1 aliphatic heterocycles. The van der Waals surface area contributed by atoms with Crippen molar-refractivity contribution in [3.8, 4) is 5.69 Å². The van der Waals surface area contributed by atoms with Crippen LogP contribution in [0.5, 0.6) is 0 Å². The number of aromatic carboxylic acids is 1. The average molecular weight is 365 g/mol. The van der Waals surface area contributed by atoms with Crippen LogP contribution >= 0.6 is 11.8 Å². The lowest BCUT2D eigenvalue weighted by atomic mass is 10.0. The molecule has 1 atom stereocenters. The van der Waals surface area contributed by atoms with Gasteiger partial charge in [0, 0.05) is 5.56 Å². The number of hydrogen-bond donors (Lipinski definition) is 2. The fourth-order valence-corrected chi connectivity index (χ4v) is 4.03. The fraction of sp³-hybridized carbons (Fsp3) is 0.105. The molecule has 130 valence electrons. The number of anilines is 1. The number of hydrogen-bond acceptors (Lipinski definition) is 4. The number of para-hydroxylation sites is 1. The first-order chi connectivity index (χ1) is 12.6. The molecule has 0 radical (unpaired) electrons. The van der Waals surface area contributed by atoms with Crippen molar-refractivity contribution in [3.63, 3.8) is 0 Å². The number of fused-ring (bicyclic) bond motifs is 1. The first-order valence-corrected chi connectivity index (χ1v) is 9.06. The molecule has 2 aromatic carbocycles. The third-order valence-corrected chi connectivity index (χ3v) is 5.47. The first kappa shape index (κ1) is 16.4. The number of benzene rings is 2. The van der Waals surface area contributed by atoms with Crippen LogP contribution in [0, 0.1) is 0 Å². The number of carbonyl (C=O) groups is 2. The number of carboxylic acids is 1. The molecule has 1 aromatic heterocycles. The summed E-state index contributed by atoms with van der Waals surface area (Å²) in [6.07, 6.45) is 1.76. The van der Waals surface area contributed by atoms with Gasteiger partial charge in [-0.05, 0) is 29.8 Å². The van der Waals surface area contributed by atoms with Crippen LogP contribution in [-0.2, 0) is 4.79 Å². The minimum atomic E-state index is -0.959. The van der Waals surface area contributed by atoms with Crippen LogP contribution in [0.2, 0.25) is 0 Å². The Labute approximate surface area is 153 Å². The van der Waals surface area contributed by atoms with E-state index in [1.165, 1.54) is 11.8 Å². The molecule has 26 heavy (non-hydrogen) atoms. The third-order valence-electron chi connectivity index (χ3n) is 4.18. The van der Waals surface area contributed by atoms with E-state index in [1.54, 1.807) is 35.1 Å². The standard InChI is InChI=1S/C19H15N3O3S/c23-16-11-26-17(12-6-8-13(9-7-12)19(24)25)15-10-20-22(18(15)21-16)14-4-2-1-3-5-14/h1-10,17H,11H2,(H,21,23)(H,24,25)/t17-/m1/s1. The highest BCUT2D eigenvalue weighted by Crippen LogP contribution is 2.42. The molecule has 6 nitrogen and oxygen atoms in total. The molecule has 2 N–H and O–H groups in total. The van der Waals surface area contributed by atoms with E-state index in [0.29, 0.717) is 11.6 Å². The van der Waals surface area contributed by atoms with Crippen LogP contribution in [0.4, 0.5) is 5.82 Å². The zero-order valence-electron chi connectivity index (χ0n) is 13.6. The van der Waals surface area contributed by atoms with Gasteiger partial charge in [-0.3, -0.25) is 4.79 Å². The van der Waals surface area contributed by atoms with E-state index in [2.05, 4.69) is 10.4 Å². The van der Waals surface area contributed by atoms with E-state index in [1.807, 2.05) is 30.3 Å². The molecule has 0 saturated carbocycles. The first-order valence-electron chi connectivity index (χ1n) is 8.01. The van der Waals surface area contributed by atoms with Crippen LogP contribution in [-0.4, -0.2) is 32.5 Å². The van der Waals surface area contributed by atoms with Crippen molar-refractivity contribution in [3.05, 3.63) is 77.5 Å². The summed E-state index contributed by atoms with van der Waals surface area (Å²) in [6, 6.07) is 16.4. The van der Waals surface area contributed by atoms with Crippen molar-refractivity contribution in [2.24, 2.45) is 0 Å². The summed E-state index contributed by atoms with van der Waals surface area (Å²) in [6.45, 7) is 0. The van der Waals surface area contributed by atoms with E-state index in [-0.39, 0.29) is 16.7 Å². The Bertz CT molecular complexity index is 967. The number of amides is 1. The number of carboxylic acid groups (broad SMARTS) is 1.